The SMILES string of the molecule is CC(C)(C)OC(=O)N1C[C@@H](C(=O)NC(C)(C)c2ccccc2Cl)OC[C@H]1CO[Si](c1ccccc1)(c1ccccc1)C(C)(C)C. The third-order valence-electron chi connectivity index (χ3n) is 8.11. The van der Waals surface area contributed by atoms with Crippen molar-refractivity contribution in [3.63, 3.8) is 0 Å². The van der Waals surface area contributed by atoms with Crippen LogP contribution in [-0.2, 0) is 24.2 Å². The summed E-state index contributed by atoms with van der Waals surface area (Å²) in [6, 6.07) is 27.7. The Morgan fingerprint density at radius 1 is 0.867 bits per heavy atom. The van der Waals surface area contributed by atoms with E-state index in [2.05, 4.69) is 50.4 Å². The van der Waals surface area contributed by atoms with E-state index >= 15 is 0 Å². The summed E-state index contributed by atoms with van der Waals surface area (Å²) in [5.41, 5.74) is -0.696. The van der Waals surface area contributed by atoms with E-state index in [1.165, 1.54) is 0 Å². The van der Waals surface area contributed by atoms with Crippen LogP contribution in [0.5, 0.6) is 0 Å². The minimum Gasteiger partial charge on any atom is -0.444 e. The van der Waals surface area contributed by atoms with Gasteiger partial charge in [0, 0.05) is 5.02 Å². The van der Waals surface area contributed by atoms with Gasteiger partial charge in [-0.1, -0.05) is 111 Å². The number of rotatable bonds is 8. The van der Waals surface area contributed by atoms with Crippen molar-refractivity contribution in [3.05, 3.63) is 95.5 Å². The molecule has 0 radical (unpaired) electrons. The first kappa shape index (κ1) is 34.7. The van der Waals surface area contributed by atoms with Gasteiger partial charge in [-0.05, 0) is 61.7 Å². The molecule has 1 saturated heterocycles. The first-order valence-corrected chi connectivity index (χ1v) is 17.8. The van der Waals surface area contributed by atoms with Gasteiger partial charge in [-0.2, -0.15) is 0 Å². The molecule has 0 aliphatic carbocycles. The van der Waals surface area contributed by atoms with Gasteiger partial charge in [0.25, 0.3) is 14.2 Å². The molecule has 4 rings (SSSR count). The highest BCUT2D eigenvalue weighted by atomic mass is 35.5. The number of ether oxygens (including phenoxy) is 2. The lowest BCUT2D eigenvalue weighted by molar-refractivity contribution is -0.144. The van der Waals surface area contributed by atoms with Crippen LogP contribution in [0.25, 0.3) is 0 Å². The lowest BCUT2D eigenvalue weighted by atomic mass is 9.93. The Bertz CT molecular complexity index is 1410. The van der Waals surface area contributed by atoms with Crippen LogP contribution in [0.4, 0.5) is 4.79 Å². The van der Waals surface area contributed by atoms with Gasteiger partial charge in [-0.25, -0.2) is 4.79 Å². The Morgan fingerprint density at radius 3 is 1.91 bits per heavy atom. The molecule has 242 valence electrons. The average Bonchev–Trinajstić information content (AvgIpc) is 2.97. The topological polar surface area (TPSA) is 77.1 Å². The van der Waals surface area contributed by atoms with Crippen molar-refractivity contribution in [1.82, 2.24) is 10.2 Å². The molecule has 45 heavy (non-hydrogen) atoms. The Morgan fingerprint density at radius 2 is 1.40 bits per heavy atom. The van der Waals surface area contributed by atoms with E-state index in [1.807, 2.05) is 89.2 Å². The fourth-order valence-electron chi connectivity index (χ4n) is 5.95. The molecule has 0 saturated carbocycles. The van der Waals surface area contributed by atoms with Crippen molar-refractivity contribution in [1.29, 1.82) is 0 Å². The predicted octanol–water partition coefficient (Wildman–Crippen LogP) is 6.27. The maximum Gasteiger partial charge on any atom is 0.410 e. The second kappa shape index (κ2) is 13.7. The van der Waals surface area contributed by atoms with Crippen molar-refractivity contribution >= 4 is 42.3 Å². The predicted molar refractivity (Wildman–Crippen MR) is 183 cm³/mol. The molecule has 0 aromatic heterocycles. The van der Waals surface area contributed by atoms with Crippen LogP contribution in [0.2, 0.25) is 10.1 Å². The molecule has 2 amide bonds. The highest BCUT2D eigenvalue weighted by molar-refractivity contribution is 6.99. The Hall–Kier alpha value is -3.17. The van der Waals surface area contributed by atoms with Crippen molar-refractivity contribution in [2.75, 3.05) is 19.8 Å². The fourth-order valence-corrected chi connectivity index (χ4v) is 10.9. The summed E-state index contributed by atoms with van der Waals surface area (Å²) in [4.78, 5) is 28.9. The maximum absolute atomic E-state index is 13.7. The molecule has 3 aromatic carbocycles. The smallest absolute Gasteiger partial charge is 0.410 e. The molecule has 7 nitrogen and oxygen atoms in total. The maximum atomic E-state index is 13.7. The van der Waals surface area contributed by atoms with Gasteiger partial charge in [0.15, 0.2) is 6.10 Å². The summed E-state index contributed by atoms with van der Waals surface area (Å²) < 4.78 is 19.2. The summed E-state index contributed by atoms with van der Waals surface area (Å²) in [6.45, 7) is 16.3. The quantitative estimate of drug-likeness (QED) is 0.291. The van der Waals surface area contributed by atoms with E-state index in [0.29, 0.717) is 5.02 Å². The van der Waals surface area contributed by atoms with Crippen molar-refractivity contribution in [2.45, 2.75) is 83.7 Å². The van der Waals surface area contributed by atoms with E-state index in [4.69, 9.17) is 25.5 Å². The summed E-state index contributed by atoms with van der Waals surface area (Å²) in [6.07, 6.45) is -1.41. The number of carbonyl (C=O) groups is 2. The van der Waals surface area contributed by atoms with Gasteiger partial charge in [0.1, 0.15) is 5.60 Å². The number of hydrogen-bond acceptors (Lipinski definition) is 5. The standard InChI is InChI=1S/C36H47ClN2O5Si/c1-34(2,3)44-33(41)39-23-31(32(40)38-36(7,8)29-21-15-16-22-30(29)37)42-24-26(39)25-43-45(35(4,5)6,27-17-11-9-12-18-27)28-19-13-10-14-20-28/h9-22,26,31H,23-25H2,1-8H3,(H,38,40)/t26-,31-/m0/s1. The number of hydrogen-bond donors (Lipinski definition) is 1. The zero-order valence-electron chi connectivity index (χ0n) is 27.7. The molecule has 1 aliphatic rings. The summed E-state index contributed by atoms with van der Waals surface area (Å²) >= 11 is 6.45. The molecular formula is C36H47ClN2O5Si. The molecule has 2 atom stereocenters. The first-order valence-electron chi connectivity index (χ1n) is 15.5. The van der Waals surface area contributed by atoms with Gasteiger partial charge in [0.2, 0.25) is 0 Å². The number of halogens is 1. The third-order valence-corrected chi connectivity index (χ3v) is 13.4. The molecule has 1 N–H and O–H groups in total. The van der Waals surface area contributed by atoms with Crippen LogP contribution < -0.4 is 15.7 Å². The second-order valence-corrected chi connectivity index (χ2v) is 18.9. The Kier molecular flexibility index (Phi) is 10.5. The largest absolute Gasteiger partial charge is 0.444 e. The molecule has 0 bridgehead atoms. The highest BCUT2D eigenvalue weighted by Crippen LogP contribution is 2.37. The van der Waals surface area contributed by atoms with Gasteiger partial charge < -0.3 is 19.2 Å². The molecule has 0 spiro atoms. The normalized spacial score (nSPS) is 17.9. The number of benzene rings is 3. The number of nitrogens with one attached hydrogen (secondary N) is 1. The van der Waals surface area contributed by atoms with Crippen molar-refractivity contribution < 1.29 is 23.5 Å². The molecule has 1 heterocycles. The van der Waals surface area contributed by atoms with Gasteiger partial charge in [0.05, 0.1) is 31.3 Å². The van der Waals surface area contributed by atoms with E-state index in [1.54, 1.807) is 11.0 Å². The van der Waals surface area contributed by atoms with Crippen LogP contribution in [0.3, 0.4) is 0 Å². The molecule has 3 aromatic rings. The molecule has 1 aliphatic heterocycles. The van der Waals surface area contributed by atoms with Crippen molar-refractivity contribution in [2.24, 2.45) is 0 Å². The number of carbonyl (C=O) groups excluding carboxylic acids is 2. The monoisotopic (exact) mass is 650 g/mol. The number of morpholine rings is 1. The first-order chi connectivity index (χ1) is 21.0. The van der Waals surface area contributed by atoms with Crippen LogP contribution in [0.1, 0.15) is 61.0 Å². The minimum atomic E-state index is -2.88. The van der Waals surface area contributed by atoms with Gasteiger partial charge in [-0.3, -0.25) is 9.69 Å². The lowest BCUT2D eigenvalue weighted by Crippen LogP contribution is -2.68. The summed E-state index contributed by atoms with van der Waals surface area (Å²) in [5.74, 6) is -0.333. The van der Waals surface area contributed by atoms with Crippen LogP contribution in [0, 0.1) is 0 Å². The lowest BCUT2D eigenvalue weighted by Gasteiger charge is -2.46. The fraction of sp³-hybridized carbons (Fsp3) is 0.444. The van der Waals surface area contributed by atoms with Gasteiger partial charge >= 0.3 is 6.09 Å². The Balaban J connectivity index is 1.63. The van der Waals surface area contributed by atoms with Crippen LogP contribution in [-0.4, -0.2) is 62.7 Å². The molecular weight excluding hydrogens is 604 g/mol. The van der Waals surface area contributed by atoms with E-state index in [9.17, 15) is 9.59 Å². The minimum absolute atomic E-state index is 0.0219. The highest BCUT2D eigenvalue weighted by Gasteiger charge is 2.51. The Labute approximate surface area is 274 Å². The van der Waals surface area contributed by atoms with Gasteiger partial charge in [-0.15, -0.1) is 0 Å². The summed E-state index contributed by atoms with van der Waals surface area (Å²) in [7, 11) is -2.88. The average molecular weight is 651 g/mol. The second-order valence-electron chi connectivity index (χ2n) is 14.2. The van der Waals surface area contributed by atoms with E-state index in [-0.39, 0.29) is 30.7 Å². The van der Waals surface area contributed by atoms with Crippen LogP contribution in [0.15, 0.2) is 84.9 Å². The molecule has 1 fully saturated rings. The zero-order chi connectivity index (χ0) is 33.0. The number of nitrogens with zero attached hydrogens (tertiary/aromatic N) is 1. The third kappa shape index (κ3) is 7.98. The number of amides is 2. The van der Waals surface area contributed by atoms with E-state index in [0.717, 1.165) is 15.9 Å². The van der Waals surface area contributed by atoms with E-state index < -0.39 is 37.7 Å². The van der Waals surface area contributed by atoms with Crippen LogP contribution >= 0.6 is 11.6 Å². The molecule has 9 heteroatoms. The molecule has 0 unspecified atom stereocenters. The van der Waals surface area contributed by atoms with Crippen molar-refractivity contribution in [3.8, 4) is 0 Å². The summed E-state index contributed by atoms with van der Waals surface area (Å²) in [5, 5.41) is 5.67. The zero-order valence-corrected chi connectivity index (χ0v) is 29.5.